The molecule has 0 spiro atoms. The number of carbonyl (C=O) groups excluding carboxylic acids is 1. The quantitative estimate of drug-likeness (QED) is 0.580. The van der Waals surface area contributed by atoms with Crippen molar-refractivity contribution in [3.8, 4) is 11.1 Å². The third kappa shape index (κ3) is 4.41. The minimum Gasteiger partial charge on any atom is -0.347 e. The van der Waals surface area contributed by atoms with Crippen LogP contribution in [0.1, 0.15) is 26.7 Å². The molecular weight excluding hydrogens is 424 g/mol. The van der Waals surface area contributed by atoms with Crippen molar-refractivity contribution in [2.45, 2.75) is 33.2 Å². The maximum absolute atomic E-state index is 12.8. The number of carbonyl (C=O) groups is 1. The Kier molecular flexibility index (Phi) is 6.06. The Morgan fingerprint density at radius 1 is 1.28 bits per heavy atom. The number of nitrogens with one attached hydrogen (secondary N) is 1. The molecule has 4 rings (SSSR count). The zero-order valence-electron chi connectivity index (χ0n) is 18.6. The van der Waals surface area contributed by atoms with Gasteiger partial charge in [0.25, 0.3) is 0 Å². The minimum absolute atomic E-state index is 0.0199. The van der Waals surface area contributed by atoms with E-state index in [1.165, 1.54) is 0 Å². The number of allylic oxidation sites excluding steroid dienone is 3. The second kappa shape index (κ2) is 8.78. The lowest BCUT2D eigenvalue weighted by atomic mass is 9.97. The predicted octanol–water partition coefficient (Wildman–Crippen LogP) is 4.29. The molecule has 1 aliphatic rings. The Hall–Kier alpha value is -3.13. The van der Waals surface area contributed by atoms with Crippen molar-refractivity contribution >= 4 is 32.3 Å². The van der Waals surface area contributed by atoms with Crippen molar-refractivity contribution in [2.75, 3.05) is 11.1 Å². The molecule has 1 N–H and O–H groups in total. The van der Waals surface area contributed by atoms with Gasteiger partial charge in [-0.3, -0.25) is 9.48 Å². The highest BCUT2D eigenvalue weighted by molar-refractivity contribution is 7.95. The fourth-order valence-electron chi connectivity index (χ4n) is 4.11. The van der Waals surface area contributed by atoms with Gasteiger partial charge in [-0.25, -0.2) is 8.42 Å². The van der Waals surface area contributed by atoms with Gasteiger partial charge in [-0.15, -0.1) is 0 Å². The number of nitrogens with zero attached hydrogens (tertiary/aromatic N) is 3. The van der Waals surface area contributed by atoms with Gasteiger partial charge >= 0.3 is 0 Å². The maximum atomic E-state index is 12.8. The van der Waals surface area contributed by atoms with Crippen molar-refractivity contribution in [1.29, 1.82) is 0 Å². The summed E-state index contributed by atoms with van der Waals surface area (Å²) in [6.07, 6.45) is 11.9. The van der Waals surface area contributed by atoms with E-state index in [-0.39, 0.29) is 17.6 Å². The molecule has 0 bridgehead atoms. The molecule has 0 saturated heterocycles. The number of aryl methyl sites for hydroxylation is 2. The maximum Gasteiger partial charge on any atom is 0.224 e. The lowest BCUT2D eigenvalue weighted by Crippen LogP contribution is -2.17. The Morgan fingerprint density at radius 2 is 2.09 bits per heavy atom. The highest BCUT2D eigenvalue weighted by atomic mass is 32.2. The second-order valence-corrected chi connectivity index (χ2v) is 10.4. The summed E-state index contributed by atoms with van der Waals surface area (Å²) in [4.78, 5) is 13.1. The molecule has 0 aliphatic heterocycles. The van der Waals surface area contributed by atoms with Gasteiger partial charge in [0.05, 0.1) is 22.4 Å². The summed E-state index contributed by atoms with van der Waals surface area (Å²) in [5, 5.41) is 8.39. The first kappa shape index (κ1) is 22.1. The van der Waals surface area contributed by atoms with E-state index in [1.54, 1.807) is 23.8 Å². The van der Waals surface area contributed by atoms with Crippen molar-refractivity contribution < 1.29 is 13.2 Å². The van der Waals surface area contributed by atoms with Crippen LogP contribution in [0.5, 0.6) is 0 Å². The summed E-state index contributed by atoms with van der Waals surface area (Å²) in [5.74, 6) is -0.0368. The zero-order valence-corrected chi connectivity index (χ0v) is 19.4. The first-order chi connectivity index (χ1) is 15.3. The van der Waals surface area contributed by atoms with Gasteiger partial charge in [0.15, 0.2) is 9.84 Å². The molecule has 1 unspecified atom stereocenters. The SMILES string of the molecule is CCn1ccc2cc(NC(=O)CC3C=CC(S(=O)(=O)CC)=CC3)cc(-c3cnn(C)c3)c21. The van der Waals surface area contributed by atoms with Crippen LogP contribution in [-0.4, -0.2) is 34.4 Å². The average molecular weight is 453 g/mol. The molecule has 8 heteroatoms. The van der Waals surface area contributed by atoms with Crippen molar-refractivity contribution in [3.63, 3.8) is 0 Å². The first-order valence-corrected chi connectivity index (χ1v) is 12.5. The summed E-state index contributed by atoms with van der Waals surface area (Å²) in [7, 11) is -1.32. The third-order valence-electron chi connectivity index (χ3n) is 5.84. The number of aromatic nitrogens is 3. The second-order valence-electron chi connectivity index (χ2n) is 8.08. The summed E-state index contributed by atoms with van der Waals surface area (Å²) < 4.78 is 27.9. The molecule has 32 heavy (non-hydrogen) atoms. The van der Waals surface area contributed by atoms with E-state index < -0.39 is 9.84 Å². The number of hydrogen-bond acceptors (Lipinski definition) is 4. The summed E-state index contributed by atoms with van der Waals surface area (Å²) in [6, 6.07) is 6.03. The predicted molar refractivity (Wildman–Crippen MR) is 128 cm³/mol. The average Bonchev–Trinajstić information content (AvgIpc) is 3.39. The Bertz CT molecular complexity index is 1330. The summed E-state index contributed by atoms with van der Waals surface area (Å²) in [5.41, 5.74) is 3.86. The Labute approximate surface area is 188 Å². The van der Waals surface area contributed by atoms with Crippen LogP contribution in [0, 0.1) is 5.92 Å². The van der Waals surface area contributed by atoms with Crippen LogP contribution >= 0.6 is 0 Å². The number of anilines is 1. The van der Waals surface area contributed by atoms with Gasteiger partial charge in [-0.2, -0.15) is 5.10 Å². The van der Waals surface area contributed by atoms with Gasteiger partial charge in [-0.05, 0) is 43.5 Å². The number of benzene rings is 1. The molecule has 168 valence electrons. The zero-order chi connectivity index (χ0) is 22.9. The van der Waals surface area contributed by atoms with E-state index in [2.05, 4.69) is 34.2 Å². The standard InChI is InChI=1S/C24H28N4O3S/c1-4-28-11-10-18-13-20(14-22(24(18)28)19-15-25-27(3)16-19)26-23(29)12-17-6-8-21(9-7-17)32(30,31)5-2/h6,8-11,13-17H,4-5,7,12H2,1-3H3,(H,26,29). The van der Waals surface area contributed by atoms with Gasteiger partial charge in [0, 0.05) is 54.6 Å². The first-order valence-electron chi connectivity index (χ1n) is 10.8. The number of rotatable bonds is 7. The van der Waals surface area contributed by atoms with E-state index in [4.69, 9.17) is 0 Å². The van der Waals surface area contributed by atoms with Gasteiger partial charge in [-0.1, -0.05) is 19.1 Å². The fraction of sp³-hybridized carbons (Fsp3) is 0.333. The molecule has 0 radical (unpaired) electrons. The smallest absolute Gasteiger partial charge is 0.224 e. The molecule has 2 aromatic heterocycles. The molecule has 2 heterocycles. The lowest BCUT2D eigenvalue weighted by molar-refractivity contribution is -0.116. The summed E-state index contributed by atoms with van der Waals surface area (Å²) >= 11 is 0. The van der Waals surface area contributed by atoms with Gasteiger partial charge < -0.3 is 9.88 Å². The molecule has 1 aromatic carbocycles. The van der Waals surface area contributed by atoms with E-state index in [9.17, 15) is 13.2 Å². The van der Waals surface area contributed by atoms with Crippen LogP contribution in [0.25, 0.3) is 22.0 Å². The van der Waals surface area contributed by atoms with Crippen molar-refractivity contribution in [2.24, 2.45) is 13.0 Å². The molecule has 3 aromatic rings. The van der Waals surface area contributed by atoms with Gasteiger partial charge in [0.2, 0.25) is 5.91 Å². The molecule has 0 saturated carbocycles. The Morgan fingerprint density at radius 3 is 2.72 bits per heavy atom. The number of fused-ring (bicyclic) bond motifs is 1. The van der Waals surface area contributed by atoms with Crippen LogP contribution in [0.2, 0.25) is 0 Å². The summed E-state index contributed by atoms with van der Waals surface area (Å²) in [6.45, 7) is 4.58. The highest BCUT2D eigenvalue weighted by Gasteiger charge is 2.20. The van der Waals surface area contributed by atoms with Crippen LogP contribution in [0.15, 0.2) is 59.9 Å². The molecule has 0 fully saturated rings. The van der Waals surface area contributed by atoms with Crippen LogP contribution in [-0.2, 0) is 28.2 Å². The largest absolute Gasteiger partial charge is 0.347 e. The monoisotopic (exact) mass is 452 g/mol. The van der Waals surface area contributed by atoms with E-state index in [0.717, 1.165) is 34.3 Å². The molecule has 7 nitrogen and oxygen atoms in total. The van der Waals surface area contributed by atoms with Crippen LogP contribution < -0.4 is 5.32 Å². The van der Waals surface area contributed by atoms with E-state index in [1.807, 2.05) is 37.7 Å². The van der Waals surface area contributed by atoms with E-state index >= 15 is 0 Å². The molecule has 1 atom stereocenters. The molecule has 1 aliphatic carbocycles. The van der Waals surface area contributed by atoms with Gasteiger partial charge in [0.1, 0.15) is 0 Å². The van der Waals surface area contributed by atoms with Crippen molar-refractivity contribution in [1.82, 2.24) is 14.3 Å². The fourth-order valence-corrected chi connectivity index (χ4v) is 5.08. The van der Waals surface area contributed by atoms with E-state index in [0.29, 0.717) is 17.7 Å². The van der Waals surface area contributed by atoms with Crippen molar-refractivity contribution in [3.05, 3.63) is 59.9 Å². The molecule has 1 amide bonds. The number of sulfone groups is 1. The molecular formula is C24H28N4O3S. The van der Waals surface area contributed by atoms with Crippen LogP contribution in [0.3, 0.4) is 0 Å². The Balaban J connectivity index is 1.54. The lowest BCUT2D eigenvalue weighted by Gasteiger charge is -2.16. The topological polar surface area (TPSA) is 86.0 Å². The normalized spacial score (nSPS) is 16.3. The highest BCUT2D eigenvalue weighted by Crippen LogP contribution is 2.33. The number of hydrogen-bond donors (Lipinski definition) is 1. The van der Waals surface area contributed by atoms with Crippen LogP contribution in [0.4, 0.5) is 5.69 Å². The minimum atomic E-state index is -3.21. The third-order valence-corrected chi connectivity index (χ3v) is 7.62. The number of amides is 1.